The van der Waals surface area contributed by atoms with Crippen LogP contribution in [0.25, 0.3) is 0 Å². The maximum Gasteiger partial charge on any atom is 0.335 e. The number of ether oxygens (including phenoxy) is 1. The number of carbonyl (C=O) groups is 1. The van der Waals surface area contributed by atoms with Crippen molar-refractivity contribution in [3.63, 3.8) is 0 Å². The van der Waals surface area contributed by atoms with Gasteiger partial charge in [-0.05, 0) is 71.3 Å². The quantitative estimate of drug-likeness (QED) is 0.614. The number of aromatic nitrogens is 1. The molecule has 0 aliphatic heterocycles. The van der Waals surface area contributed by atoms with Gasteiger partial charge in [0.1, 0.15) is 5.75 Å². The summed E-state index contributed by atoms with van der Waals surface area (Å²) in [7, 11) is 0. The van der Waals surface area contributed by atoms with Crippen LogP contribution in [-0.2, 0) is 6.42 Å². The van der Waals surface area contributed by atoms with Gasteiger partial charge in [0.2, 0.25) is 0 Å². The molecule has 2 aromatic rings. The molecule has 0 spiro atoms. The van der Waals surface area contributed by atoms with Gasteiger partial charge in [0.15, 0.2) is 0 Å². The molecule has 0 fully saturated rings. The highest BCUT2D eigenvalue weighted by Crippen LogP contribution is 2.17. The van der Waals surface area contributed by atoms with Crippen molar-refractivity contribution in [1.29, 1.82) is 0 Å². The third kappa shape index (κ3) is 4.19. The predicted octanol–water partition coefficient (Wildman–Crippen LogP) is 3.40. The standard InChI is InChI=1S/C15H14INO3/c16-14-6-5-12(15(18)19)9-11(14)3-2-8-20-13-4-1-7-17-10-13/h1,4-7,9-10H,2-3,8H2,(H,18,19). The van der Waals surface area contributed by atoms with Crippen molar-refractivity contribution in [3.8, 4) is 5.75 Å². The van der Waals surface area contributed by atoms with Crippen molar-refractivity contribution < 1.29 is 14.6 Å². The fourth-order valence-electron chi connectivity index (χ4n) is 1.78. The molecule has 0 saturated carbocycles. The summed E-state index contributed by atoms with van der Waals surface area (Å²) in [5.41, 5.74) is 1.37. The number of nitrogens with zero attached hydrogens (tertiary/aromatic N) is 1. The Labute approximate surface area is 130 Å². The maximum absolute atomic E-state index is 10.9. The summed E-state index contributed by atoms with van der Waals surface area (Å²) in [6, 6.07) is 8.88. The molecular formula is C15H14INO3. The predicted molar refractivity (Wildman–Crippen MR) is 84.2 cm³/mol. The van der Waals surface area contributed by atoms with Crippen LogP contribution in [0.4, 0.5) is 0 Å². The first kappa shape index (κ1) is 14.8. The van der Waals surface area contributed by atoms with Gasteiger partial charge in [-0.3, -0.25) is 4.98 Å². The molecular weight excluding hydrogens is 369 g/mol. The molecule has 5 heteroatoms. The minimum absolute atomic E-state index is 0.327. The molecule has 2 rings (SSSR count). The number of rotatable bonds is 6. The highest BCUT2D eigenvalue weighted by Gasteiger charge is 2.07. The van der Waals surface area contributed by atoms with Crippen molar-refractivity contribution in [1.82, 2.24) is 4.98 Å². The van der Waals surface area contributed by atoms with Crippen molar-refractivity contribution in [3.05, 3.63) is 57.4 Å². The van der Waals surface area contributed by atoms with E-state index in [1.165, 1.54) is 0 Å². The Balaban J connectivity index is 1.88. The Morgan fingerprint density at radius 1 is 1.35 bits per heavy atom. The number of carboxylic acids is 1. The van der Waals surface area contributed by atoms with Crippen LogP contribution >= 0.6 is 22.6 Å². The molecule has 0 bridgehead atoms. The Morgan fingerprint density at radius 3 is 2.90 bits per heavy atom. The molecule has 0 amide bonds. The summed E-state index contributed by atoms with van der Waals surface area (Å²) in [4.78, 5) is 14.9. The molecule has 1 N–H and O–H groups in total. The number of aromatic carboxylic acids is 1. The Morgan fingerprint density at radius 2 is 2.20 bits per heavy atom. The van der Waals surface area contributed by atoms with E-state index in [4.69, 9.17) is 9.84 Å². The Hall–Kier alpha value is -1.63. The molecule has 0 atom stereocenters. The van der Waals surface area contributed by atoms with Crippen LogP contribution in [0.3, 0.4) is 0 Å². The molecule has 0 saturated heterocycles. The summed E-state index contributed by atoms with van der Waals surface area (Å²) < 4.78 is 6.64. The first-order chi connectivity index (χ1) is 9.66. The number of halogens is 1. The fraction of sp³-hybridized carbons (Fsp3) is 0.200. The zero-order valence-electron chi connectivity index (χ0n) is 10.8. The van der Waals surface area contributed by atoms with Crippen LogP contribution in [0.5, 0.6) is 5.75 Å². The van der Waals surface area contributed by atoms with Crippen LogP contribution in [0.15, 0.2) is 42.7 Å². The van der Waals surface area contributed by atoms with E-state index >= 15 is 0 Å². The van der Waals surface area contributed by atoms with Crippen molar-refractivity contribution in [2.24, 2.45) is 0 Å². The number of pyridine rings is 1. The van der Waals surface area contributed by atoms with Gasteiger partial charge in [-0.2, -0.15) is 0 Å². The number of benzene rings is 1. The lowest BCUT2D eigenvalue weighted by Crippen LogP contribution is -2.03. The average molecular weight is 383 g/mol. The first-order valence-corrected chi connectivity index (χ1v) is 7.29. The van der Waals surface area contributed by atoms with Gasteiger partial charge < -0.3 is 9.84 Å². The Bertz CT molecular complexity index is 587. The van der Waals surface area contributed by atoms with Gasteiger partial charge in [-0.15, -0.1) is 0 Å². The molecule has 0 radical (unpaired) electrons. The second-order valence-electron chi connectivity index (χ2n) is 4.25. The average Bonchev–Trinajstić information content (AvgIpc) is 2.46. The lowest BCUT2D eigenvalue weighted by atomic mass is 10.1. The minimum atomic E-state index is -0.894. The smallest absolute Gasteiger partial charge is 0.335 e. The molecule has 0 aliphatic rings. The first-order valence-electron chi connectivity index (χ1n) is 6.21. The van der Waals surface area contributed by atoms with Crippen LogP contribution in [0.1, 0.15) is 22.3 Å². The van der Waals surface area contributed by atoms with E-state index < -0.39 is 5.97 Å². The minimum Gasteiger partial charge on any atom is -0.492 e. The number of carboxylic acid groups (broad SMARTS) is 1. The topological polar surface area (TPSA) is 59.4 Å². The van der Waals surface area contributed by atoms with Crippen molar-refractivity contribution in [2.45, 2.75) is 12.8 Å². The maximum atomic E-state index is 10.9. The molecule has 104 valence electrons. The van der Waals surface area contributed by atoms with E-state index in [9.17, 15) is 4.79 Å². The van der Waals surface area contributed by atoms with Gasteiger partial charge in [0.25, 0.3) is 0 Å². The second kappa shape index (κ2) is 7.23. The third-order valence-electron chi connectivity index (χ3n) is 2.79. The Kier molecular flexibility index (Phi) is 5.34. The molecule has 20 heavy (non-hydrogen) atoms. The summed E-state index contributed by atoms with van der Waals surface area (Å²) in [6.45, 7) is 0.582. The molecule has 4 nitrogen and oxygen atoms in total. The third-order valence-corrected chi connectivity index (χ3v) is 3.84. The van der Waals surface area contributed by atoms with Crippen LogP contribution in [-0.4, -0.2) is 22.7 Å². The molecule has 1 aromatic heterocycles. The zero-order valence-corrected chi connectivity index (χ0v) is 12.9. The second-order valence-corrected chi connectivity index (χ2v) is 5.41. The molecule has 0 aliphatic carbocycles. The van der Waals surface area contributed by atoms with Crippen LogP contribution < -0.4 is 4.74 Å². The van der Waals surface area contributed by atoms with E-state index in [-0.39, 0.29) is 0 Å². The summed E-state index contributed by atoms with van der Waals surface area (Å²) in [5, 5.41) is 8.99. The molecule has 1 aromatic carbocycles. The zero-order chi connectivity index (χ0) is 14.4. The summed E-state index contributed by atoms with van der Waals surface area (Å²) in [5.74, 6) is -0.143. The highest BCUT2D eigenvalue weighted by molar-refractivity contribution is 14.1. The largest absolute Gasteiger partial charge is 0.492 e. The molecule has 0 unspecified atom stereocenters. The van der Waals surface area contributed by atoms with E-state index in [2.05, 4.69) is 27.6 Å². The SMILES string of the molecule is O=C(O)c1ccc(I)c(CCCOc2cccnc2)c1. The van der Waals surface area contributed by atoms with Gasteiger partial charge in [0, 0.05) is 9.77 Å². The van der Waals surface area contributed by atoms with E-state index in [1.54, 1.807) is 24.5 Å². The lowest BCUT2D eigenvalue weighted by Gasteiger charge is -2.07. The van der Waals surface area contributed by atoms with Crippen molar-refractivity contribution >= 4 is 28.6 Å². The number of aryl methyl sites for hydroxylation is 1. The summed E-state index contributed by atoms with van der Waals surface area (Å²) in [6.07, 6.45) is 5.00. The van der Waals surface area contributed by atoms with Gasteiger partial charge in [-0.1, -0.05) is 0 Å². The van der Waals surface area contributed by atoms with Crippen molar-refractivity contribution in [2.75, 3.05) is 6.61 Å². The van der Waals surface area contributed by atoms with E-state index in [0.29, 0.717) is 12.2 Å². The number of hydrogen-bond acceptors (Lipinski definition) is 3. The van der Waals surface area contributed by atoms with Crippen LogP contribution in [0.2, 0.25) is 0 Å². The van der Waals surface area contributed by atoms with E-state index in [0.717, 1.165) is 27.7 Å². The summed E-state index contributed by atoms with van der Waals surface area (Å²) >= 11 is 2.22. The molecule has 1 heterocycles. The van der Waals surface area contributed by atoms with Crippen LogP contribution in [0, 0.1) is 3.57 Å². The number of hydrogen-bond donors (Lipinski definition) is 1. The fourth-order valence-corrected chi connectivity index (χ4v) is 2.39. The van der Waals surface area contributed by atoms with Gasteiger partial charge in [0.05, 0.1) is 18.4 Å². The lowest BCUT2D eigenvalue weighted by molar-refractivity contribution is 0.0696. The monoisotopic (exact) mass is 383 g/mol. The highest BCUT2D eigenvalue weighted by atomic mass is 127. The normalized spacial score (nSPS) is 10.2. The van der Waals surface area contributed by atoms with E-state index in [1.807, 2.05) is 18.2 Å². The van der Waals surface area contributed by atoms with Gasteiger partial charge in [-0.25, -0.2) is 4.79 Å². The van der Waals surface area contributed by atoms with Gasteiger partial charge >= 0.3 is 5.97 Å².